The van der Waals surface area contributed by atoms with Crippen LogP contribution < -0.4 is 10.1 Å². The second-order valence-electron chi connectivity index (χ2n) is 4.35. The molecule has 2 heterocycles. The van der Waals surface area contributed by atoms with Crippen LogP contribution in [-0.4, -0.2) is 31.3 Å². The summed E-state index contributed by atoms with van der Waals surface area (Å²) >= 11 is 0. The fourth-order valence-electron chi connectivity index (χ4n) is 1.96. The standard InChI is InChI=1S/C13H20N2O2/c1-10(14-2)12-6-3-7-15-13(12)17-9-11-5-4-8-16-11/h3,6-7,10-11,14H,4-5,8-9H2,1-2H3. The maximum Gasteiger partial charge on any atom is 0.218 e. The maximum absolute atomic E-state index is 5.77. The third-order valence-electron chi connectivity index (χ3n) is 3.13. The van der Waals surface area contributed by atoms with Gasteiger partial charge in [-0.3, -0.25) is 0 Å². The maximum atomic E-state index is 5.77. The van der Waals surface area contributed by atoms with Gasteiger partial charge in [0, 0.05) is 24.4 Å². The predicted molar refractivity (Wildman–Crippen MR) is 66.2 cm³/mol. The first-order valence-electron chi connectivity index (χ1n) is 6.18. The molecule has 1 N–H and O–H groups in total. The van der Waals surface area contributed by atoms with Gasteiger partial charge in [0.25, 0.3) is 0 Å². The van der Waals surface area contributed by atoms with E-state index in [9.17, 15) is 0 Å². The minimum atomic E-state index is 0.231. The van der Waals surface area contributed by atoms with Crippen molar-refractivity contribution in [1.82, 2.24) is 10.3 Å². The molecule has 1 aliphatic rings. The molecule has 0 amide bonds. The molecule has 0 bridgehead atoms. The molecule has 1 aromatic heterocycles. The second-order valence-corrected chi connectivity index (χ2v) is 4.35. The predicted octanol–water partition coefficient (Wildman–Crippen LogP) is 1.92. The topological polar surface area (TPSA) is 43.4 Å². The van der Waals surface area contributed by atoms with Gasteiger partial charge in [-0.2, -0.15) is 0 Å². The molecule has 2 unspecified atom stereocenters. The van der Waals surface area contributed by atoms with E-state index in [4.69, 9.17) is 9.47 Å². The van der Waals surface area contributed by atoms with Gasteiger partial charge in [0.2, 0.25) is 5.88 Å². The molecule has 94 valence electrons. The minimum Gasteiger partial charge on any atom is -0.475 e. The fraction of sp³-hybridized carbons (Fsp3) is 0.615. The van der Waals surface area contributed by atoms with Crippen molar-refractivity contribution in [3.63, 3.8) is 0 Å². The largest absolute Gasteiger partial charge is 0.475 e. The molecule has 0 saturated carbocycles. The highest BCUT2D eigenvalue weighted by Crippen LogP contribution is 2.23. The molecule has 4 heteroatoms. The summed E-state index contributed by atoms with van der Waals surface area (Å²) in [6.07, 6.45) is 4.21. The number of pyridine rings is 1. The third-order valence-corrected chi connectivity index (χ3v) is 3.13. The molecule has 1 fully saturated rings. The monoisotopic (exact) mass is 236 g/mol. The summed E-state index contributed by atoms with van der Waals surface area (Å²) in [5.74, 6) is 0.713. The van der Waals surface area contributed by atoms with E-state index < -0.39 is 0 Å². The molecule has 1 aliphatic heterocycles. The molecule has 4 nitrogen and oxygen atoms in total. The Morgan fingerprint density at radius 1 is 1.65 bits per heavy atom. The normalized spacial score (nSPS) is 21.4. The van der Waals surface area contributed by atoms with Crippen molar-refractivity contribution in [2.75, 3.05) is 20.3 Å². The Balaban J connectivity index is 1.98. The zero-order valence-electron chi connectivity index (χ0n) is 10.5. The Morgan fingerprint density at radius 3 is 3.24 bits per heavy atom. The zero-order valence-corrected chi connectivity index (χ0v) is 10.5. The summed E-state index contributed by atoms with van der Waals surface area (Å²) in [6, 6.07) is 4.21. The first-order chi connectivity index (χ1) is 8.31. The van der Waals surface area contributed by atoms with Crippen LogP contribution in [0.2, 0.25) is 0 Å². The van der Waals surface area contributed by atoms with E-state index in [0.29, 0.717) is 12.5 Å². The van der Waals surface area contributed by atoms with E-state index in [1.165, 1.54) is 0 Å². The van der Waals surface area contributed by atoms with Crippen LogP contribution in [0, 0.1) is 0 Å². The number of hydrogen-bond donors (Lipinski definition) is 1. The molecule has 1 aromatic rings. The van der Waals surface area contributed by atoms with Gasteiger partial charge in [-0.05, 0) is 32.9 Å². The van der Waals surface area contributed by atoms with E-state index in [2.05, 4.69) is 17.2 Å². The van der Waals surface area contributed by atoms with Crippen molar-refractivity contribution in [3.8, 4) is 5.88 Å². The summed E-state index contributed by atoms with van der Waals surface area (Å²) in [4.78, 5) is 4.29. The van der Waals surface area contributed by atoms with Gasteiger partial charge in [0.1, 0.15) is 6.61 Å². The van der Waals surface area contributed by atoms with Gasteiger partial charge in [0.15, 0.2) is 0 Å². The van der Waals surface area contributed by atoms with E-state index in [0.717, 1.165) is 25.0 Å². The smallest absolute Gasteiger partial charge is 0.218 e. The van der Waals surface area contributed by atoms with Gasteiger partial charge < -0.3 is 14.8 Å². The second kappa shape index (κ2) is 5.98. The molecule has 0 radical (unpaired) electrons. The molecule has 1 saturated heterocycles. The highest BCUT2D eigenvalue weighted by Gasteiger charge is 2.18. The van der Waals surface area contributed by atoms with Crippen LogP contribution in [0.4, 0.5) is 0 Å². The lowest BCUT2D eigenvalue weighted by molar-refractivity contribution is 0.0658. The lowest BCUT2D eigenvalue weighted by Gasteiger charge is -2.16. The number of hydrogen-bond acceptors (Lipinski definition) is 4. The van der Waals surface area contributed by atoms with Gasteiger partial charge >= 0.3 is 0 Å². The molecule has 2 rings (SSSR count). The first-order valence-corrected chi connectivity index (χ1v) is 6.18. The average Bonchev–Trinajstić information content (AvgIpc) is 2.89. The van der Waals surface area contributed by atoms with Crippen molar-refractivity contribution < 1.29 is 9.47 Å². The highest BCUT2D eigenvalue weighted by molar-refractivity contribution is 5.28. The van der Waals surface area contributed by atoms with Crippen LogP contribution in [-0.2, 0) is 4.74 Å². The Hall–Kier alpha value is -1.13. The number of ether oxygens (including phenoxy) is 2. The molecule has 0 aromatic carbocycles. The Bertz CT molecular complexity index is 351. The number of rotatable bonds is 5. The van der Waals surface area contributed by atoms with Crippen LogP contribution in [0.1, 0.15) is 31.4 Å². The third kappa shape index (κ3) is 3.17. The Kier molecular flexibility index (Phi) is 4.34. The number of aromatic nitrogens is 1. The van der Waals surface area contributed by atoms with Crippen molar-refractivity contribution in [2.45, 2.75) is 31.9 Å². The lowest BCUT2D eigenvalue weighted by atomic mass is 10.1. The van der Waals surface area contributed by atoms with Gasteiger partial charge in [-0.25, -0.2) is 4.98 Å². The van der Waals surface area contributed by atoms with Gasteiger partial charge in [-0.15, -0.1) is 0 Å². The number of nitrogens with zero attached hydrogens (tertiary/aromatic N) is 1. The van der Waals surface area contributed by atoms with E-state index in [1.807, 2.05) is 19.2 Å². The summed E-state index contributed by atoms with van der Waals surface area (Å²) in [6.45, 7) is 3.55. The van der Waals surface area contributed by atoms with Gasteiger partial charge in [-0.1, -0.05) is 6.07 Å². The van der Waals surface area contributed by atoms with Crippen LogP contribution >= 0.6 is 0 Å². The van der Waals surface area contributed by atoms with Crippen molar-refractivity contribution in [2.24, 2.45) is 0 Å². The molecular weight excluding hydrogens is 216 g/mol. The molecule has 2 atom stereocenters. The van der Waals surface area contributed by atoms with Crippen LogP contribution in [0.5, 0.6) is 5.88 Å². The highest BCUT2D eigenvalue weighted by atomic mass is 16.5. The Labute approximate surface area is 102 Å². The fourth-order valence-corrected chi connectivity index (χ4v) is 1.96. The van der Waals surface area contributed by atoms with Gasteiger partial charge in [0.05, 0.1) is 6.10 Å². The molecule has 17 heavy (non-hydrogen) atoms. The summed E-state index contributed by atoms with van der Waals surface area (Å²) in [5, 5.41) is 3.20. The SMILES string of the molecule is CNC(C)c1cccnc1OCC1CCCO1. The molecule has 0 aliphatic carbocycles. The summed E-state index contributed by atoms with van der Waals surface area (Å²) < 4.78 is 11.3. The van der Waals surface area contributed by atoms with E-state index in [1.54, 1.807) is 6.20 Å². The van der Waals surface area contributed by atoms with Crippen LogP contribution in [0.25, 0.3) is 0 Å². The van der Waals surface area contributed by atoms with E-state index >= 15 is 0 Å². The Morgan fingerprint density at radius 2 is 2.53 bits per heavy atom. The van der Waals surface area contributed by atoms with Crippen LogP contribution in [0.3, 0.4) is 0 Å². The van der Waals surface area contributed by atoms with Crippen molar-refractivity contribution in [3.05, 3.63) is 23.9 Å². The molecule has 0 spiro atoms. The van der Waals surface area contributed by atoms with E-state index in [-0.39, 0.29) is 12.1 Å². The molecular formula is C13H20N2O2. The minimum absolute atomic E-state index is 0.231. The zero-order chi connectivity index (χ0) is 12.1. The quantitative estimate of drug-likeness (QED) is 0.848. The summed E-state index contributed by atoms with van der Waals surface area (Å²) in [7, 11) is 1.93. The lowest BCUT2D eigenvalue weighted by Crippen LogP contribution is -2.19. The van der Waals surface area contributed by atoms with Crippen molar-refractivity contribution in [1.29, 1.82) is 0 Å². The summed E-state index contributed by atoms with van der Waals surface area (Å²) in [5.41, 5.74) is 1.09. The average molecular weight is 236 g/mol. The number of nitrogens with one attached hydrogen (secondary N) is 1. The first kappa shape index (κ1) is 12.3. The van der Waals surface area contributed by atoms with Crippen molar-refractivity contribution >= 4 is 0 Å². The van der Waals surface area contributed by atoms with Crippen LogP contribution in [0.15, 0.2) is 18.3 Å².